The normalized spacial score (nSPS) is 12.7. The molecular weight excluding hydrogens is 179 g/mol. The molecule has 1 unspecified atom stereocenters. The summed E-state index contributed by atoms with van der Waals surface area (Å²) in [7, 11) is -1.15. The van der Waals surface area contributed by atoms with Crippen LogP contribution in [0.25, 0.3) is 0 Å². The molecule has 0 N–H and O–H groups in total. The zero-order valence-corrected chi connectivity index (χ0v) is 9.34. The van der Waals surface area contributed by atoms with Gasteiger partial charge in [-0.3, -0.25) is 0 Å². The first-order valence-electron chi connectivity index (χ1n) is 4.49. The third-order valence-electron chi connectivity index (χ3n) is 1.92. The third kappa shape index (κ3) is 3.28. The first kappa shape index (κ1) is 10.4. The molecule has 2 heteroatoms. The Morgan fingerprint density at radius 2 is 1.69 bits per heavy atom. The molecule has 0 radical (unpaired) electrons. The predicted octanol–water partition coefficient (Wildman–Crippen LogP) is 3.81. The van der Waals surface area contributed by atoms with Crippen LogP contribution in [0, 0.1) is 0 Å². The minimum Gasteiger partial charge on any atom is -0.0738 e. The Morgan fingerprint density at radius 3 is 2.15 bits per heavy atom. The maximum absolute atomic E-state index is 11.8. The van der Waals surface area contributed by atoms with Crippen molar-refractivity contribution in [2.45, 2.75) is 32.1 Å². The molecule has 0 aliphatic carbocycles. The fourth-order valence-corrected chi connectivity index (χ4v) is 2.00. The van der Waals surface area contributed by atoms with Crippen LogP contribution >= 0.6 is 7.80 Å². The van der Waals surface area contributed by atoms with Crippen molar-refractivity contribution < 1.29 is 4.57 Å². The summed E-state index contributed by atoms with van der Waals surface area (Å²) in [6.07, 6.45) is 0.694. The maximum Gasteiger partial charge on any atom is 0.348 e. The molecule has 1 nitrogen and oxygen atoms in total. The first-order valence-corrected chi connectivity index (χ1v) is 5.93. The molecule has 0 aromatic heterocycles. The van der Waals surface area contributed by atoms with Gasteiger partial charge in [-0.1, -0.05) is 34.9 Å². The monoisotopic (exact) mass is 195 g/mol. The molecular formula is C11H16OP+. The fourth-order valence-electron chi connectivity index (χ4n) is 0.986. The van der Waals surface area contributed by atoms with Crippen LogP contribution in [0.15, 0.2) is 30.3 Å². The van der Waals surface area contributed by atoms with Crippen molar-refractivity contribution in [1.29, 1.82) is 0 Å². The lowest BCUT2D eigenvalue weighted by atomic mass is 10.2. The highest BCUT2D eigenvalue weighted by atomic mass is 31.1. The predicted molar refractivity (Wildman–Crippen MR) is 57.5 cm³/mol. The van der Waals surface area contributed by atoms with Gasteiger partial charge in [-0.2, -0.15) is 0 Å². The lowest BCUT2D eigenvalue weighted by molar-refractivity contribution is 0.564. The Morgan fingerprint density at radius 1 is 1.15 bits per heavy atom. The van der Waals surface area contributed by atoms with E-state index < -0.39 is 7.80 Å². The van der Waals surface area contributed by atoms with Crippen molar-refractivity contribution in [3.8, 4) is 0 Å². The lowest BCUT2D eigenvalue weighted by Crippen LogP contribution is -2.07. The van der Waals surface area contributed by atoms with Crippen LogP contribution < -0.4 is 0 Å². The van der Waals surface area contributed by atoms with Gasteiger partial charge in [0, 0.05) is 0 Å². The van der Waals surface area contributed by atoms with E-state index in [1.807, 2.05) is 51.1 Å². The topological polar surface area (TPSA) is 17.1 Å². The second-order valence-electron chi connectivity index (χ2n) is 4.19. The maximum atomic E-state index is 11.8. The summed E-state index contributed by atoms with van der Waals surface area (Å²) in [5.74, 6) is 0. The van der Waals surface area contributed by atoms with E-state index in [-0.39, 0.29) is 5.16 Å². The van der Waals surface area contributed by atoms with Crippen molar-refractivity contribution in [3.05, 3.63) is 35.9 Å². The number of hydrogen-bond acceptors (Lipinski definition) is 1. The molecule has 1 aromatic rings. The van der Waals surface area contributed by atoms with Crippen LogP contribution in [0.1, 0.15) is 26.3 Å². The minimum atomic E-state index is -1.15. The average molecular weight is 195 g/mol. The van der Waals surface area contributed by atoms with Gasteiger partial charge in [-0.05, 0) is 26.3 Å². The largest absolute Gasteiger partial charge is 0.348 e. The molecule has 0 saturated carbocycles. The van der Waals surface area contributed by atoms with Crippen molar-refractivity contribution in [2.24, 2.45) is 0 Å². The van der Waals surface area contributed by atoms with Gasteiger partial charge in [-0.15, -0.1) is 0 Å². The summed E-state index contributed by atoms with van der Waals surface area (Å²) in [6.45, 7) is 6.07. The van der Waals surface area contributed by atoms with Gasteiger partial charge >= 0.3 is 7.80 Å². The Labute approximate surface area is 81.0 Å². The van der Waals surface area contributed by atoms with E-state index in [9.17, 15) is 4.57 Å². The molecule has 0 aliphatic heterocycles. The number of benzene rings is 1. The molecule has 1 atom stereocenters. The highest BCUT2D eigenvalue weighted by Crippen LogP contribution is 2.40. The molecule has 0 heterocycles. The van der Waals surface area contributed by atoms with Crippen LogP contribution in [0.5, 0.6) is 0 Å². The van der Waals surface area contributed by atoms with Crippen molar-refractivity contribution >= 4 is 7.80 Å². The molecule has 0 aliphatic rings. The zero-order chi connectivity index (χ0) is 9.90. The van der Waals surface area contributed by atoms with E-state index in [0.717, 1.165) is 0 Å². The van der Waals surface area contributed by atoms with E-state index in [0.29, 0.717) is 6.16 Å². The van der Waals surface area contributed by atoms with Gasteiger partial charge in [0.1, 0.15) is 0 Å². The molecule has 1 aromatic carbocycles. The minimum absolute atomic E-state index is 0.0782. The van der Waals surface area contributed by atoms with Crippen LogP contribution in [0.3, 0.4) is 0 Å². The van der Waals surface area contributed by atoms with Crippen LogP contribution in [-0.4, -0.2) is 5.16 Å². The standard InChI is InChI=1S/C11H16OP/c1-11(2,3)13(12)9-10-7-5-4-6-8-10/h4-8H,9H2,1-3H3/q+1. The van der Waals surface area contributed by atoms with E-state index in [2.05, 4.69) is 0 Å². The van der Waals surface area contributed by atoms with Gasteiger partial charge < -0.3 is 0 Å². The fraction of sp³-hybridized carbons (Fsp3) is 0.455. The van der Waals surface area contributed by atoms with Crippen molar-refractivity contribution in [3.63, 3.8) is 0 Å². The zero-order valence-electron chi connectivity index (χ0n) is 8.45. The highest BCUT2D eigenvalue weighted by Gasteiger charge is 2.33. The Kier molecular flexibility index (Phi) is 3.22. The van der Waals surface area contributed by atoms with E-state index in [4.69, 9.17) is 0 Å². The molecule has 0 spiro atoms. The number of hydrogen-bond donors (Lipinski definition) is 0. The summed E-state index contributed by atoms with van der Waals surface area (Å²) in [5.41, 5.74) is 1.17. The smallest absolute Gasteiger partial charge is 0.0738 e. The van der Waals surface area contributed by atoms with Gasteiger partial charge in [0.05, 0.1) is 0 Å². The molecule has 0 saturated heterocycles. The van der Waals surface area contributed by atoms with Crippen LogP contribution in [0.4, 0.5) is 0 Å². The van der Waals surface area contributed by atoms with E-state index >= 15 is 0 Å². The molecule has 70 valence electrons. The van der Waals surface area contributed by atoms with Crippen molar-refractivity contribution in [2.75, 3.05) is 0 Å². The first-order chi connectivity index (χ1) is 6.00. The molecule has 0 amide bonds. The van der Waals surface area contributed by atoms with Gasteiger partial charge in [-0.25, -0.2) is 0 Å². The van der Waals surface area contributed by atoms with E-state index in [1.54, 1.807) is 0 Å². The Balaban J connectivity index is 2.66. The lowest BCUT2D eigenvalue weighted by Gasteiger charge is -2.04. The van der Waals surface area contributed by atoms with Gasteiger partial charge in [0.25, 0.3) is 0 Å². The van der Waals surface area contributed by atoms with Gasteiger partial charge in [0.2, 0.25) is 0 Å². The second-order valence-corrected chi connectivity index (χ2v) is 6.61. The molecule has 1 rings (SSSR count). The number of rotatable bonds is 2. The quantitative estimate of drug-likeness (QED) is 0.656. The third-order valence-corrected chi connectivity index (χ3v) is 4.07. The SMILES string of the molecule is CC(C)(C)[P+](=O)Cc1ccccc1. The van der Waals surface area contributed by atoms with Crippen molar-refractivity contribution in [1.82, 2.24) is 0 Å². The molecule has 0 fully saturated rings. The highest BCUT2D eigenvalue weighted by molar-refractivity contribution is 7.45. The Bertz CT molecular complexity index is 285. The van der Waals surface area contributed by atoms with Crippen LogP contribution in [-0.2, 0) is 10.7 Å². The summed E-state index contributed by atoms with van der Waals surface area (Å²) in [4.78, 5) is 0. The average Bonchev–Trinajstić information content (AvgIpc) is 2.04. The summed E-state index contributed by atoms with van der Waals surface area (Å²) >= 11 is 0. The molecule has 13 heavy (non-hydrogen) atoms. The van der Waals surface area contributed by atoms with Crippen LogP contribution in [0.2, 0.25) is 0 Å². The Hall–Kier alpha value is -0.680. The van der Waals surface area contributed by atoms with E-state index in [1.165, 1.54) is 5.56 Å². The second kappa shape index (κ2) is 4.02. The summed E-state index contributed by atoms with van der Waals surface area (Å²) < 4.78 is 11.8. The van der Waals surface area contributed by atoms with Gasteiger partial charge in [0.15, 0.2) is 11.3 Å². The summed E-state index contributed by atoms with van der Waals surface area (Å²) in [5, 5.41) is -0.0782. The summed E-state index contributed by atoms with van der Waals surface area (Å²) in [6, 6.07) is 10.0. The molecule has 0 bridgehead atoms.